The van der Waals surface area contributed by atoms with E-state index in [1.165, 1.54) is 18.0 Å². The lowest BCUT2D eigenvalue weighted by atomic mass is 10.2. The van der Waals surface area contributed by atoms with Gasteiger partial charge >= 0.3 is 5.97 Å². The van der Waals surface area contributed by atoms with Crippen LogP contribution in [0.2, 0.25) is 5.02 Å². The van der Waals surface area contributed by atoms with Crippen molar-refractivity contribution >= 4 is 29.3 Å². The Balaban J connectivity index is 1.68. The molecular weight excluding hydrogens is 352 g/mol. The third kappa shape index (κ3) is 3.80. The fraction of sp³-hybridized carbons (Fsp3) is 0.188. The predicted molar refractivity (Wildman–Crippen MR) is 89.0 cm³/mol. The highest BCUT2D eigenvalue weighted by atomic mass is 35.5. The molecule has 0 spiro atoms. The Morgan fingerprint density at radius 3 is 3.00 bits per heavy atom. The number of thioether (sulfide) groups is 1. The highest BCUT2D eigenvalue weighted by Gasteiger charge is 2.17. The van der Waals surface area contributed by atoms with Crippen molar-refractivity contribution in [2.24, 2.45) is 0 Å². The minimum absolute atomic E-state index is 0.309. The molecular formula is C16H13ClN2O4S. The fourth-order valence-corrected chi connectivity index (χ4v) is 2.88. The zero-order valence-corrected chi connectivity index (χ0v) is 14.3. The molecule has 0 aliphatic carbocycles. The van der Waals surface area contributed by atoms with Crippen LogP contribution in [0.4, 0.5) is 0 Å². The van der Waals surface area contributed by atoms with Crippen molar-refractivity contribution in [2.45, 2.75) is 17.9 Å². The summed E-state index contributed by atoms with van der Waals surface area (Å²) in [5, 5.41) is 8.94. The second-order valence-corrected chi connectivity index (χ2v) is 6.01. The largest absolute Gasteiger partial charge is 0.468 e. The number of rotatable bonds is 6. The van der Waals surface area contributed by atoms with E-state index in [1.54, 1.807) is 25.1 Å². The van der Waals surface area contributed by atoms with E-state index in [2.05, 4.69) is 10.2 Å². The van der Waals surface area contributed by atoms with Gasteiger partial charge in [0.1, 0.15) is 11.3 Å². The van der Waals surface area contributed by atoms with Crippen molar-refractivity contribution in [3.05, 3.63) is 52.9 Å². The molecule has 0 atom stereocenters. The Morgan fingerprint density at radius 1 is 1.33 bits per heavy atom. The van der Waals surface area contributed by atoms with Gasteiger partial charge in [-0.3, -0.25) is 0 Å². The van der Waals surface area contributed by atoms with E-state index in [0.717, 1.165) is 5.56 Å². The minimum Gasteiger partial charge on any atom is -0.468 e. The average Bonchev–Trinajstić information content (AvgIpc) is 3.22. The zero-order valence-electron chi connectivity index (χ0n) is 12.7. The molecule has 0 amide bonds. The highest BCUT2D eigenvalue weighted by molar-refractivity contribution is 7.98. The summed E-state index contributed by atoms with van der Waals surface area (Å²) in [6, 6.07) is 8.74. The number of hydrogen-bond donors (Lipinski definition) is 0. The summed E-state index contributed by atoms with van der Waals surface area (Å²) in [6.45, 7) is 2.06. The highest BCUT2D eigenvalue weighted by Crippen LogP contribution is 2.28. The Kier molecular flexibility index (Phi) is 5.22. The molecule has 2 heterocycles. The Bertz CT molecular complexity index is 846. The summed E-state index contributed by atoms with van der Waals surface area (Å²) in [4.78, 5) is 11.8. The van der Waals surface area contributed by atoms with E-state index in [0.29, 0.717) is 39.8 Å². The number of nitrogens with zero attached hydrogens (tertiary/aromatic N) is 2. The number of hydrogen-bond acceptors (Lipinski definition) is 7. The second kappa shape index (κ2) is 7.55. The topological polar surface area (TPSA) is 78.4 Å². The van der Waals surface area contributed by atoms with Gasteiger partial charge in [-0.05, 0) is 31.2 Å². The molecule has 24 heavy (non-hydrogen) atoms. The summed E-state index contributed by atoms with van der Waals surface area (Å²) in [5.41, 5.74) is 1.14. The third-order valence-corrected chi connectivity index (χ3v) is 4.10. The number of carbonyl (C=O) groups is 1. The van der Waals surface area contributed by atoms with Gasteiger partial charge in [0.2, 0.25) is 5.89 Å². The van der Waals surface area contributed by atoms with E-state index in [4.69, 9.17) is 25.2 Å². The molecule has 0 radical (unpaired) electrons. The van der Waals surface area contributed by atoms with Crippen LogP contribution in [0.1, 0.15) is 23.0 Å². The van der Waals surface area contributed by atoms with Crippen molar-refractivity contribution in [2.75, 3.05) is 6.61 Å². The standard InChI is InChI=1S/C16H13ClN2O4S/c1-2-21-15(20)12-6-7-22-13(12)9-24-16-19-18-14(23-16)10-4-3-5-11(17)8-10/h3-8H,2,9H2,1H3. The third-order valence-electron chi connectivity index (χ3n) is 3.05. The molecule has 0 aliphatic heterocycles. The monoisotopic (exact) mass is 364 g/mol. The molecule has 0 unspecified atom stereocenters. The molecule has 8 heteroatoms. The number of aromatic nitrogens is 2. The molecule has 0 aliphatic rings. The summed E-state index contributed by atoms with van der Waals surface area (Å²) in [6.07, 6.45) is 1.45. The minimum atomic E-state index is -0.410. The van der Waals surface area contributed by atoms with Crippen LogP contribution in [0.3, 0.4) is 0 Å². The van der Waals surface area contributed by atoms with Crippen molar-refractivity contribution in [3.8, 4) is 11.5 Å². The van der Waals surface area contributed by atoms with E-state index in [9.17, 15) is 4.79 Å². The van der Waals surface area contributed by atoms with E-state index in [1.807, 2.05) is 12.1 Å². The maximum Gasteiger partial charge on any atom is 0.341 e. The summed E-state index contributed by atoms with van der Waals surface area (Å²) in [7, 11) is 0. The number of furan rings is 1. The molecule has 3 aromatic rings. The molecule has 6 nitrogen and oxygen atoms in total. The van der Waals surface area contributed by atoms with Crippen LogP contribution < -0.4 is 0 Å². The van der Waals surface area contributed by atoms with Crippen LogP contribution in [0.15, 0.2) is 50.7 Å². The first kappa shape index (κ1) is 16.6. The summed E-state index contributed by atoms with van der Waals surface area (Å²) in [5.74, 6) is 0.844. The van der Waals surface area contributed by atoms with E-state index in [-0.39, 0.29) is 0 Å². The van der Waals surface area contributed by atoms with Crippen LogP contribution in [0.5, 0.6) is 0 Å². The number of benzene rings is 1. The molecule has 2 aromatic heterocycles. The van der Waals surface area contributed by atoms with Gasteiger partial charge in [0.15, 0.2) is 0 Å². The smallest absolute Gasteiger partial charge is 0.341 e. The maximum absolute atomic E-state index is 11.8. The van der Waals surface area contributed by atoms with E-state index < -0.39 is 5.97 Å². The molecule has 124 valence electrons. The SMILES string of the molecule is CCOC(=O)c1ccoc1CSc1nnc(-c2cccc(Cl)c2)o1. The summed E-state index contributed by atoms with van der Waals surface area (Å²) < 4.78 is 15.9. The molecule has 0 bridgehead atoms. The van der Waals surface area contributed by atoms with Gasteiger partial charge in [-0.2, -0.15) is 0 Å². The summed E-state index contributed by atoms with van der Waals surface area (Å²) >= 11 is 7.22. The molecule has 0 N–H and O–H groups in total. The van der Waals surface area contributed by atoms with Gasteiger partial charge in [0, 0.05) is 10.6 Å². The van der Waals surface area contributed by atoms with Crippen LogP contribution in [-0.4, -0.2) is 22.8 Å². The molecule has 3 rings (SSSR count). The molecule has 0 saturated heterocycles. The fourth-order valence-electron chi connectivity index (χ4n) is 1.98. The van der Waals surface area contributed by atoms with Crippen LogP contribution in [0, 0.1) is 0 Å². The molecule has 0 saturated carbocycles. The number of carbonyl (C=O) groups excluding carboxylic acids is 1. The van der Waals surface area contributed by atoms with Crippen LogP contribution in [0.25, 0.3) is 11.5 Å². The Morgan fingerprint density at radius 2 is 2.21 bits per heavy atom. The Labute approximate surface area is 147 Å². The van der Waals surface area contributed by atoms with Gasteiger partial charge in [-0.25, -0.2) is 4.79 Å². The van der Waals surface area contributed by atoms with Gasteiger partial charge in [0.05, 0.1) is 18.6 Å². The van der Waals surface area contributed by atoms with Gasteiger partial charge in [-0.15, -0.1) is 10.2 Å². The Hall–Kier alpha value is -2.25. The lowest BCUT2D eigenvalue weighted by Crippen LogP contribution is -2.05. The first-order valence-corrected chi connectivity index (χ1v) is 8.49. The molecule has 1 aromatic carbocycles. The second-order valence-electron chi connectivity index (χ2n) is 4.65. The van der Waals surface area contributed by atoms with Gasteiger partial charge < -0.3 is 13.6 Å². The van der Waals surface area contributed by atoms with Crippen LogP contribution in [-0.2, 0) is 10.5 Å². The van der Waals surface area contributed by atoms with Crippen LogP contribution >= 0.6 is 23.4 Å². The number of ether oxygens (including phenoxy) is 1. The predicted octanol–water partition coefficient (Wildman–Crippen LogP) is 4.45. The van der Waals surface area contributed by atoms with Gasteiger partial charge in [0.25, 0.3) is 5.22 Å². The van der Waals surface area contributed by atoms with Crippen molar-refractivity contribution in [3.63, 3.8) is 0 Å². The maximum atomic E-state index is 11.8. The van der Waals surface area contributed by atoms with Crippen molar-refractivity contribution in [1.29, 1.82) is 0 Å². The first-order valence-electron chi connectivity index (χ1n) is 7.13. The number of halogens is 1. The first-order chi connectivity index (χ1) is 11.7. The quantitative estimate of drug-likeness (QED) is 0.472. The lowest BCUT2D eigenvalue weighted by Gasteiger charge is -2.01. The zero-order chi connectivity index (χ0) is 16.9. The average molecular weight is 365 g/mol. The lowest BCUT2D eigenvalue weighted by molar-refractivity contribution is 0.0524. The molecule has 0 fully saturated rings. The van der Waals surface area contributed by atoms with Crippen molar-refractivity contribution < 1.29 is 18.4 Å². The van der Waals surface area contributed by atoms with Crippen molar-refractivity contribution in [1.82, 2.24) is 10.2 Å². The number of esters is 1. The van der Waals surface area contributed by atoms with Gasteiger partial charge in [-0.1, -0.05) is 29.4 Å². The van der Waals surface area contributed by atoms with E-state index >= 15 is 0 Å². The normalized spacial score (nSPS) is 10.8.